The highest BCUT2D eigenvalue weighted by molar-refractivity contribution is 5.96. The number of benzene rings is 1. The number of Topliss-reactive ketones (excluding diaryl/α,β-unsaturated/α-hetero) is 1. The number of nitrogens with zero attached hydrogens (tertiary/aromatic N) is 1. The van der Waals surface area contributed by atoms with Crippen molar-refractivity contribution in [2.45, 2.75) is 6.42 Å². The summed E-state index contributed by atoms with van der Waals surface area (Å²) in [4.78, 5) is 14.0. The molecule has 0 unspecified atom stereocenters. The minimum absolute atomic E-state index is 0.0770. The third-order valence-electron chi connectivity index (χ3n) is 2.62. The Bertz CT molecular complexity index is 399. The highest BCUT2D eigenvalue weighted by Crippen LogP contribution is 2.11. The smallest absolute Gasteiger partial charge is 0.164 e. The Labute approximate surface area is 108 Å². The summed E-state index contributed by atoms with van der Waals surface area (Å²) in [7, 11) is 0. The molecule has 0 heterocycles. The fraction of sp³-hybridized carbons (Fsp3) is 0.267. The van der Waals surface area contributed by atoms with Crippen LogP contribution in [0.3, 0.4) is 0 Å². The first-order chi connectivity index (χ1) is 8.67. The molecule has 0 fully saturated rings. The van der Waals surface area contributed by atoms with Crippen molar-refractivity contribution in [3.05, 3.63) is 55.1 Å². The molecule has 0 saturated heterocycles. The van der Waals surface area contributed by atoms with E-state index in [1.807, 2.05) is 12.2 Å². The number of rotatable bonds is 8. The molecule has 0 spiro atoms. The van der Waals surface area contributed by atoms with Crippen molar-refractivity contribution in [3.8, 4) is 5.75 Å². The number of hydrogen-bond donors (Lipinski definition) is 1. The average Bonchev–Trinajstić information content (AvgIpc) is 2.37. The first kappa shape index (κ1) is 14.2. The van der Waals surface area contributed by atoms with Crippen LogP contribution in [0.15, 0.2) is 49.6 Å². The molecule has 3 nitrogen and oxygen atoms in total. The third kappa shape index (κ3) is 4.55. The van der Waals surface area contributed by atoms with Gasteiger partial charge in [0.15, 0.2) is 5.78 Å². The molecule has 0 aliphatic rings. The number of hydrogen-bond acceptors (Lipinski definition) is 3. The largest absolute Gasteiger partial charge is 0.508 e. The number of carbonyl (C=O) groups is 1. The van der Waals surface area contributed by atoms with Gasteiger partial charge in [0.05, 0.1) is 0 Å². The van der Waals surface area contributed by atoms with Gasteiger partial charge in [-0.05, 0) is 24.3 Å². The van der Waals surface area contributed by atoms with Crippen LogP contribution in [-0.4, -0.2) is 35.4 Å². The first-order valence-corrected chi connectivity index (χ1v) is 5.93. The predicted molar refractivity (Wildman–Crippen MR) is 73.9 cm³/mol. The second kappa shape index (κ2) is 7.45. The van der Waals surface area contributed by atoms with Crippen molar-refractivity contribution in [1.82, 2.24) is 4.90 Å². The Kier molecular flexibility index (Phi) is 5.88. The van der Waals surface area contributed by atoms with Gasteiger partial charge in [0.1, 0.15) is 5.75 Å². The molecular formula is C15H19NO2. The predicted octanol–water partition coefficient (Wildman–Crippen LogP) is 2.64. The maximum Gasteiger partial charge on any atom is 0.164 e. The zero-order valence-electron chi connectivity index (χ0n) is 10.5. The summed E-state index contributed by atoms with van der Waals surface area (Å²) in [6, 6.07) is 6.34. The van der Waals surface area contributed by atoms with E-state index in [-0.39, 0.29) is 11.5 Å². The van der Waals surface area contributed by atoms with Crippen LogP contribution in [0.2, 0.25) is 0 Å². The molecule has 0 aromatic heterocycles. The van der Waals surface area contributed by atoms with Crippen molar-refractivity contribution < 1.29 is 9.90 Å². The summed E-state index contributed by atoms with van der Waals surface area (Å²) in [5.41, 5.74) is 0.630. The molecule has 0 radical (unpaired) electrons. The molecule has 1 aromatic carbocycles. The van der Waals surface area contributed by atoms with Gasteiger partial charge in [-0.2, -0.15) is 0 Å². The number of phenolic OH excluding ortho intramolecular Hbond substituents is 1. The van der Waals surface area contributed by atoms with Crippen LogP contribution in [0.25, 0.3) is 0 Å². The summed E-state index contributed by atoms with van der Waals surface area (Å²) in [5.74, 6) is 0.250. The number of carbonyl (C=O) groups excluding carboxylic acids is 1. The Balaban J connectivity index is 2.51. The van der Waals surface area contributed by atoms with Gasteiger partial charge in [0, 0.05) is 31.6 Å². The molecule has 1 aromatic rings. The highest BCUT2D eigenvalue weighted by Gasteiger charge is 2.08. The SMILES string of the molecule is C=CCN(CC=C)CCC(=O)c1ccc(O)cc1. The van der Waals surface area contributed by atoms with E-state index in [2.05, 4.69) is 18.1 Å². The molecule has 18 heavy (non-hydrogen) atoms. The summed E-state index contributed by atoms with van der Waals surface area (Å²) in [6.45, 7) is 9.55. The van der Waals surface area contributed by atoms with Gasteiger partial charge in [-0.25, -0.2) is 0 Å². The lowest BCUT2D eigenvalue weighted by molar-refractivity contribution is 0.0968. The van der Waals surface area contributed by atoms with E-state index >= 15 is 0 Å². The zero-order valence-corrected chi connectivity index (χ0v) is 10.5. The Morgan fingerprint density at radius 2 is 1.72 bits per heavy atom. The van der Waals surface area contributed by atoms with Crippen LogP contribution in [0.4, 0.5) is 0 Å². The van der Waals surface area contributed by atoms with Gasteiger partial charge in [0.2, 0.25) is 0 Å². The molecular weight excluding hydrogens is 226 g/mol. The molecule has 0 saturated carbocycles. The van der Waals surface area contributed by atoms with Crippen LogP contribution < -0.4 is 0 Å². The minimum Gasteiger partial charge on any atom is -0.508 e. The van der Waals surface area contributed by atoms with E-state index in [1.165, 1.54) is 12.1 Å². The maximum atomic E-state index is 11.9. The van der Waals surface area contributed by atoms with E-state index in [4.69, 9.17) is 5.11 Å². The number of aromatic hydroxyl groups is 1. The molecule has 0 aliphatic carbocycles. The van der Waals surface area contributed by atoms with E-state index in [1.54, 1.807) is 12.1 Å². The Morgan fingerprint density at radius 1 is 1.17 bits per heavy atom. The summed E-state index contributed by atoms with van der Waals surface area (Å²) in [6.07, 6.45) is 4.08. The lowest BCUT2D eigenvalue weighted by Gasteiger charge is -2.17. The summed E-state index contributed by atoms with van der Waals surface area (Å²) >= 11 is 0. The van der Waals surface area contributed by atoms with Gasteiger partial charge < -0.3 is 5.11 Å². The average molecular weight is 245 g/mol. The van der Waals surface area contributed by atoms with Gasteiger partial charge >= 0.3 is 0 Å². The molecule has 0 bridgehead atoms. The van der Waals surface area contributed by atoms with Crippen molar-refractivity contribution >= 4 is 5.78 Å². The maximum absolute atomic E-state index is 11.9. The van der Waals surface area contributed by atoms with E-state index in [0.29, 0.717) is 18.5 Å². The number of phenols is 1. The van der Waals surface area contributed by atoms with Crippen LogP contribution in [0.5, 0.6) is 5.75 Å². The van der Waals surface area contributed by atoms with Crippen molar-refractivity contribution in [1.29, 1.82) is 0 Å². The summed E-state index contributed by atoms with van der Waals surface area (Å²) < 4.78 is 0. The standard InChI is InChI=1S/C15H19NO2/c1-3-10-16(11-4-2)12-9-15(18)13-5-7-14(17)8-6-13/h3-8,17H,1-2,9-12H2. The normalized spacial score (nSPS) is 10.3. The van der Waals surface area contributed by atoms with E-state index < -0.39 is 0 Å². The van der Waals surface area contributed by atoms with Crippen molar-refractivity contribution in [2.75, 3.05) is 19.6 Å². The Morgan fingerprint density at radius 3 is 2.22 bits per heavy atom. The molecule has 0 amide bonds. The monoisotopic (exact) mass is 245 g/mol. The second-order valence-corrected chi connectivity index (χ2v) is 4.06. The molecule has 0 atom stereocenters. The first-order valence-electron chi connectivity index (χ1n) is 5.93. The van der Waals surface area contributed by atoms with Crippen LogP contribution in [0, 0.1) is 0 Å². The highest BCUT2D eigenvalue weighted by atomic mass is 16.3. The van der Waals surface area contributed by atoms with Crippen molar-refractivity contribution in [3.63, 3.8) is 0 Å². The number of ketones is 1. The van der Waals surface area contributed by atoms with Crippen molar-refractivity contribution in [2.24, 2.45) is 0 Å². The molecule has 1 rings (SSSR count). The lowest BCUT2D eigenvalue weighted by atomic mass is 10.1. The van der Waals surface area contributed by atoms with Gasteiger partial charge in [0.25, 0.3) is 0 Å². The van der Waals surface area contributed by atoms with Crippen LogP contribution in [0.1, 0.15) is 16.8 Å². The summed E-state index contributed by atoms with van der Waals surface area (Å²) in [5, 5.41) is 9.15. The molecule has 96 valence electrons. The molecule has 0 aliphatic heterocycles. The third-order valence-corrected chi connectivity index (χ3v) is 2.62. The van der Waals surface area contributed by atoms with E-state index in [0.717, 1.165) is 13.1 Å². The Hall–Kier alpha value is -1.87. The topological polar surface area (TPSA) is 40.5 Å². The van der Waals surface area contributed by atoms with Crippen LogP contribution in [-0.2, 0) is 0 Å². The quantitative estimate of drug-likeness (QED) is 0.565. The van der Waals surface area contributed by atoms with Gasteiger partial charge in [-0.3, -0.25) is 9.69 Å². The second-order valence-electron chi connectivity index (χ2n) is 4.06. The minimum atomic E-state index is 0.0770. The lowest BCUT2D eigenvalue weighted by Crippen LogP contribution is -2.26. The van der Waals surface area contributed by atoms with Gasteiger partial charge in [-0.15, -0.1) is 13.2 Å². The zero-order chi connectivity index (χ0) is 13.4. The fourth-order valence-electron chi connectivity index (χ4n) is 1.67. The molecule has 3 heteroatoms. The molecule has 1 N–H and O–H groups in total. The van der Waals surface area contributed by atoms with E-state index in [9.17, 15) is 4.79 Å². The van der Waals surface area contributed by atoms with Gasteiger partial charge in [-0.1, -0.05) is 12.2 Å². The van der Waals surface area contributed by atoms with Crippen LogP contribution >= 0.6 is 0 Å². The fourth-order valence-corrected chi connectivity index (χ4v) is 1.67.